The Kier molecular flexibility index (Phi) is 4.86. The van der Waals surface area contributed by atoms with Crippen molar-refractivity contribution in [1.82, 2.24) is 5.32 Å². The predicted octanol–water partition coefficient (Wildman–Crippen LogP) is 3.74. The summed E-state index contributed by atoms with van der Waals surface area (Å²) in [7, 11) is 0. The molecule has 0 heterocycles. The summed E-state index contributed by atoms with van der Waals surface area (Å²) in [5.74, 6) is 1.83. The minimum Gasteiger partial charge on any atom is -0.493 e. The minimum atomic E-state index is 0.801. The zero-order valence-corrected chi connectivity index (χ0v) is 11.9. The molecule has 0 amide bonds. The third kappa shape index (κ3) is 4.32. The Labute approximate surface area is 112 Å². The van der Waals surface area contributed by atoms with Crippen molar-refractivity contribution in [2.75, 3.05) is 13.2 Å². The molecule has 1 fully saturated rings. The summed E-state index contributed by atoms with van der Waals surface area (Å²) in [5.41, 5.74) is 1.24. The molecule has 94 valence electrons. The molecule has 3 heteroatoms. The van der Waals surface area contributed by atoms with E-state index in [1.165, 1.54) is 18.4 Å². The summed E-state index contributed by atoms with van der Waals surface area (Å²) in [6.45, 7) is 4.99. The quantitative estimate of drug-likeness (QED) is 0.774. The van der Waals surface area contributed by atoms with Gasteiger partial charge < -0.3 is 10.1 Å². The maximum absolute atomic E-state index is 5.89. The van der Waals surface area contributed by atoms with E-state index in [4.69, 9.17) is 4.74 Å². The summed E-state index contributed by atoms with van der Waals surface area (Å²) in [4.78, 5) is 0. The first kappa shape index (κ1) is 12.9. The van der Waals surface area contributed by atoms with Crippen LogP contribution in [0.1, 0.15) is 31.7 Å². The molecule has 0 aromatic heterocycles. The van der Waals surface area contributed by atoms with Crippen molar-refractivity contribution in [2.24, 2.45) is 5.92 Å². The van der Waals surface area contributed by atoms with Crippen molar-refractivity contribution in [2.45, 2.75) is 32.7 Å². The van der Waals surface area contributed by atoms with Gasteiger partial charge in [0, 0.05) is 16.6 Å². The molecule has 17 heavy (non-hydrogen) atoms. The second kappa shape index (κ2) is 6.41. The Bertz CT molecular complexity index is 363. The molecule has 0 bridgehead atoms. The average Bonchev–Trinajstić information content (AvgIpc) is 3.12. The number of rotatable bonds is 7. The molecule has 0 aliphatic heterocycles. The van der Waals surface area contributed by atoms with Crippen molar-refractivity contribution in [3.05, 3.63) is 28.2 Å². The molecule has 1 aliphatic carbocycles. The van der Waals surface area contributed by atoms with Crippen LogP contribution < -0.4 is 10.1 Å². The van der Waals surface area contributed by atoms with Crippen LogP contribution in [0.25, 0.3) is 0 Å². The van der Waals surface area contributed by atoms with Crippen LogP contribution in [0.5, 0.6) is 5.75 Å². The number of ether oxygens (including phenoxy) is 1. The lowest BCUT2D eigenvalue weighted by Gasteiger charge is -2.12. The molecule has 0 spiro atoms. The lowest BCUT2D eigenvalue weighted by atomic mass is 10.2. The Balaban J connectivity index is 1.95. The zero-order chi connectivity index (χ0) is 12.1. The first-order valence-electron chi connectivity index (χ1n) is 6.41. The van der Waals surface area contributed by atoms with Gasteiger partial charge in [-0.25, -0.2) is 0 Å². The SMILES string of the molecule is CCCNCc1cc(Br)ccc1OCC1CC1. The molecule has 0 radical (unpaired) electrons. The van der Waals surface area contributed by atoms with Crippen LogP contribution in [-0.2, 0) is 6.54 Å². The lowest BCUT2D eigenvalue weighted by Crippen LogP contribution is -2.15. The van der Waals surface area contributed by atoms with Gasteiger partial charge in [-0.3, -0.25) is 0 Å². The largest absolute Gasteiger partial charge is 0.493 e. The fourth-order valence-electron chi connectivity index (χ4n) is 1.72. The van der Waals surface area contributed by atoms with Gasteiger partial charge in [-0.15, -0.1) is 0 Å². The van der Waals surface area contributed by atoms with Crippen molar-refractivity contribution in [1.29, 1.82) is 0 Å². The summed E-state index contributed by atoms with van der Waals surface area (Å²) in [5, 5.41) is 3.42. The normalized spacial score (nSPS) is 14.9. The fourth-order valence-corrected chi connectivity index (χ4v) is 2.13. The predicted molar refractivity (Wildman–Crippen MR) is 74.4 cm³/mol. The second-order valence-corrected chi connectivity index (χ2v) is 5.60. The Morgan fingerprint density at radius 2 is 2.24 bits per heavy atom. The minimum absolute atomic E-state index is 0.801. The van der Waals surface area contributed by atoms with Gasteiger partial charge in [0.05, 0.1) is 6.61 Å². The molecule has 0 saturated heterocycles. The van der Waals surface area contributed by atoms with E-state index in [0.717, 1.165) is 42.3 Å². The van der Waals surface area contributed by atoms with E-state index in [2.05, 4.69) is 40.3 Å². The van der Waals surface area contributed by atoms with E-state index in [1.54, 1.807) is 0 Å². The van der Waals surface area contributed by atoms with Gasteiger partial charge in [-0.2, -0.15) is 0 Å². The van der Waals surface area contributed by atoms with Crippen LogP contribution in [0, 0.1) is 5.92 Å². The summed E-state index contributed by atoms with van der Waals surface area (Å²) >= 11 is 3.51. The van der Waals surface area contributed by atoms with Gasteiger partial charge in [0.15, 0.2) is 0 Å². The highest BCUT2D eigenvalue weighted by Crippen LogP contribution is 2.31. The molecule has 1 N–H and O–H groups in total. The van der Waals surface area contributed by atoms with Crippen LogP contribution in [0.4, 0.5) is 0 Å². The van der Waals surface area contributed by atoms with Gasteiger partial charge in [0.25, 0.3) is 0 Å². The summed E-state index contributed by atoms with van der Waals surface area (Å²) < 4.78 is 7.00. The molecule has 2 nitrogen and oxygen atoms in total. The first-order chi connectivity index (χ1) is 8.29. The smallest absolute Gasteiger partial charge is 0.123 e. The molecule has 1 aromatic rings. The number of benzene rings is 1. The Morgan fingerprint density at radius 3 is 2.94 bits per heavy atom. The maximum atomic E-state index is 5.89. The van der Waals surface area contributed by atoms with Gasteiger partial charge in [-0.05, 0) is 49.9 Å². The number of nitrogens with one attached hydrogen (secondary N) is 1. The third-order valence-corrected chi connectivity index (χ3v) is 3.43. The van der Waals surface area contributed by atoms with Crippen LogP contribution in [0.2, 0.25) is 0 Å². The molecule has 1 aliphatic rings. The molecule has 2 rings (SSSR count). The highest BCUT2D eigenvalue weighted by molar-refractivity contribution is 9.10. The summed E-state index contributed by atoms with van der Waals surface area (Å²) in [6, 6.07) is 6.26. The lowest BCUT2D eigenvalue weighted by molar-refractivity contribution is 0.296. The summed E-state index contributed by atoms with van der Waals surface area (Å²) in [6.07, 6.45) is 3.83. The van der Waals surface area contributed by atoms with Crippen LogP contribution in [0.3, 0.4) is 0 Å². The monoisotopic (exact) mass is 297 g/mol. The first-order valence-corrected chi connectivity index (χ1v) is 7.21. The van der Waals surface area contributed by atoms with Crippen molar-refractivity contribution in [3.63, 3.8) is 0 Å². The molecular weight excluding hydrogens is 278 g/mol. The van der Waals surface area contributed by atoms with E-state index in [0.29, 0.717) is 0 Å². The highest BCUT2D eigenvalue weighted by Gasteiger charge is 2.22. The average molecular weight is 298 g/mol. The van der Waals surface area contributed by atoms with Crippen LogP contribution >= 0.6 is 15.9 Å². The fraction of sp³-hybridized carbons (Fsp3) is 0.571. The Hall–Kier alpha value is -0.540. The van der Waals surface area contributed by atoms with Crippen LogP contribution in [-0.4, -0.2) is 13.2 Å². The van der Waals surface area contributed by atoms with Crippen LogP contribution in [0.15, 0.2) is 22.7 Å². The van der Waals surface area contributed by atoms with E-state index < -0.39 is 0 Å². The van der Waals surface area contributed by atoms with Gasteiger partial charge in [0.2, 0.25) is 0 Å². The molecule has 0 unspecified atom stereocenters. The molecule has 1 saturated carbocycles. The maximum Gasteiger partial charge on any atom is 0.123 e. The molecule has 1 aromatic carbocycles. The Morgan fingerprint density at radius 1 is 1.41 bits per heavy atom. The molecule has 0 atom stereocenters. The van der Waals surface area contributed by atoms with Crippen molar-refractivity contribution < 1.29 is 4.74 Å². The number of halogens is 1. The second-order valence-electron chi connectivity index (χ2n) is 4.68. The van der Waals surface area contributed by atoms with Crippen molar-refractivity contribution in [3.8, 4) is 5.75 Å². The zero-order valence-electron chi connectivity index (χ0n) is 10.3. The van der Waals surface area contributed by atoms with E-state index in [9.17, 15) is 0 Å². The van der Waals surface area contributed by atoms with Gasteiger partial charge in [0.1, 0.15) is 5.75 Å². The number of hydrogen-bond acceptors (Lipinski definition) is 2. The van der Waals surface area contributed by atoms with Gasteiger partial charge >= 0.3 is 0 Å². The standard InChI is InChI=1S/C14H20BrNO/c1-2-7-16-9-12-8-13(15)5-6-14(12)17-10-11-3-4-11/h5-6,8,11,16H,2-4,7,9-10H2,1H3. The van der Waals surface area contributed by atoms with E-state index in [-0.39, 0.29) is 0 Å². The van der Waals surface area contributed by atoms with Crippen molar-refractivity contribution >= 4 is 15.9 Å². The molecular formula is C14H20BrNO. The highest BCUT2D eigenvalue weighted by atomic mass is 79.9. The van der Waals surface area contributed by atoms with E-state index >= 15 is 0 Å². The van der Waals surface area contributed by atoms with Gasteiger partial charge in [-0.1, -0.05) is 22.9 Å². The van der Waals surface area contributed by atoms with E-state index in [1.807, 2.05) is 6.07 Å². The number of hydrogen-bond donors (Lipinski definition) is 1. The topological polar surface area (TPSA) is 21.3 Å². The third-order valence-electron chi connectivity index (χ3n) is 2.94.